The maximum absolute atomic E-state index is 13.2. The third-order valence-corrected chi connectivity index (χ3v) is 5.38. The standard InChI is InChI=1S/C21H31FN2O2/c1-6-18(25)23-19(14(2)3)20(26)24-12-11-17(21(4,5)13-24)15-7-9-16(22)10-8-15/h7-10,14,17,19H,6,11-13H2,1-5H3,(H,23,25)/t17?,19-/m1/s1. The molecule has 1 aliphatic heterocycles. The summed E-state index contributed by atoms with van der Waals surface area (Å²) in [4.78, 5) is 26.7. The fraction of sp³-hybridized carbons (Fsp3) is 0.619. The van der Waals surface area contributed by atoms with E-state index in [0.717, 1.165) is 12.0 Å². The van der Waals surface area contributed by atoms with Crippen LogP contribution in [-0.4, -0.2) is 35.8 Å². The van der Waals surface area contributed by atoms with E-state index < -0.39 is 6.04 Å². The van der Waals surface area contributed by atoms with E-state index in [2.05, 4.69) is 19.2 Å². The van der Waals surface area contributed by atoms with Gasteiger partial charge in [0.05, 0.1) is 0 Å². The molecule has 1 unspecified atom stereocenters. The van der Waals surface area contributed by atoms with Crippen molar-refractivity contribution in [1.82, 2.24) is 10.2 Å². The van der Waals surface area contributed by atoms with Gasteiger partial charge in [-0.05, 0) is 41.4 Å². The third kappa shape index (κ3) is 4.63. The van der Waals surface area contributed by atoms with Crippen LogP contribution in [0.2, 0.25) is 0 Å². The van der Waals surface area contributed by atoms with Crippen molar-refractivity contribution in [2.75, 3.05) is 13.1 Å². The van der Waals surface area contributed by atoms with Crippen molar-refractivity contribution >= 4 is 11.8 Å². The third-order valence-electron chi connectivity index (χ3n) is 5.38. The SMILES string of the molecule is CCC(=O)N[C@@H](C(=O)N1CCC(c2ccc(F)cc2)C(C)(C)C1)C(C)C. The first kappa shape index (κ1) is 20.4. The molecule has 5 heteroatoms. The van der Waals surface area contributed by atoms with Gasteiger partial charge in [0.2, 0.25) is 11.8 Å². The van der Waals surface area contributed by atoms with E-state index in [1.54, 1.807) is 6.92 Å². The molecule has 0 saturated carbocycles. The zero-order valence-corrected chi connectivity index (χ0v) is 16.5. The highest BCUT2D eigenvalue weighted by atomic mass is 19.1. The second-order valence-corrected chi connectivity index (χ2v) is 8.28. The molecule has 0 spiro atoms. The van der Waals surface area contributed by atoms with E-state index >= 15 is 0 Å². The van der Waals surface area contributed by atoms with Gasteiger partial charge in [-0.3, -0.25) is 9.59 Å². The molecule has 2 amide bonds. The molecule has 4 nitrogen and oxygen atoms in total. The van der Waals surface area contributed by atoms with Crippen molar-refractivity contribution in [2.45, 2.75) is 59.4 Å². The zero-order chi connectivity index (χ0) is 19.5. The van der Waals surface area contributed by atoms with Crippen molar-refractivity contribution in [1.29, 1.82) is 0 Å². The van der Waals surface area contributed by atoms with E-state index in [1.807, 2.05) is 30.9 Å². The lowest BCUT2D eigenvalue weighted by atomic mass is 9.70. The molecule has 2 rings (SSSR count). The van der Waals surface area contributed by atoms with Gasteiger partial charge in [0, 0.05) is 19.5 Å². The van der Waals surface area contributed by atoms with E-state index in [-0.39, 0.29) is 34.9 Å². The number of nitrogens with one attached hydrogen (secondary N) is 1. The van der Waals surface area contributed by atoms with Crippen molar-refractivity contribution in [3.05, 3.63) is 35.6 Å². The summed E-state index contributed by atoms with van der Waals surface area (Å²) in [6, 6.07) is 6.20. The van der Waals surface area contributed by atoms with Crippen molar-refractivity contribution in [2.24, 2.45) is 11.3 Å². The van der Waals surface area contributed by atoms with Gasteiger partial charge in [0.1, 0.15) is 11.9 Å². The number of nitrogens with zero attached hydrogens (tertiary/aromatic N) is 1. The molecule has 26 heavy (non-hydrogen) atoms. The Bertz CT molecular complexity index is 640. The number of likely N-dealkylation sites (tertiary alicyclic amines) is 1. The predicted molar refractivity (Wildman–Crippen MR) is 101 cm³/mol. The Morgan fingerprint density at radius 1 is 1.27 bits per heavy atom. The fourth-order valence-corrected chi connectivity index (χ4v) is 3.84. The van der Waals surface area contributed by atoms with Gasteiger partial charge in [0.25, 0.3) is 0 Å². The quantitative estimate of drug-likeness (QED) is 0.868. The number of hydrogen-bond donors (Lipinski definition) is 1. The second kappa shape index (κ2) is 8.19. The Kier molecular flexibility index (Phi) is 6.43. The number of carbonyl (C=O) groups excluding carboxylic acids is 2. The van der Waals surface area contributed by atoms with Crippen LogP contribution in [0.1, 0.15) is 58.9 Å². The van der Waals surface area contributed by atoms with Gasteiger partial charge < -0.3 is 10.2 Å². The van der Waals surface area contributed by atoms with Crippen LogP contribution in [-0.2, 0) is 9.59 Å². The van der Waals surface area contributed by atoms with Gasteiger partial charge in [-0.25, -0.2) is 4.39 Å². The highest BCUT2D eigenvalue weighted by Gasteiger charge is 2.40. The van der Waals surface area contributed by atoms with Crippen molar-refractivity contribution < 1.29 is 14.0 Å². The van der Waals surface area contributed by atoms with Crippen LogP contribution in [0.15, 0.2) is 24.3 Å². The highest BCUT2D eigenvalue weighted by Crippen LogP contribution is 2.42. The first-order chi connectivity index (χ1) is 12.2. The zero-order valence-electron chi connectivity index (χ0n) is 16.5. The summed E-state index contributed by atoms with van der Waals surface area (Å²) in [6.45, 7) is 11.3. The molecular formula is C21H31FN2O2. The Morgan fingerprint density at radius 2 is 1.88 bits per heavy atom. The summed E-state index contributed by atoms with van der Waals surface area (Å²) in [6.07, 6.45) is 1.20. The molecule has 0 bridgehead atoms. The molecule has 1 fully saturated rings. The largest absolute Gasteiger partial charge is 0.344 e. The number of piperidine rings is 1. The van der Waals surface area contributed by atoms with E-state index in [9.17, 15) is 14.0 Å². The molecule has 144 valence electrons. The molecule has 1 N–H and O–H groups in total. The van der Waals surface area contributed by atoms with E-state index in [1.165, 1.54) is 12.1 Å². The monoisotopic (exact) mass is 362 g/mol. The van der Waals surface area contributed by atoms with Crippen LogP contribution in [0.5, 0.6) is 0 Å². The van der Waals surface area contributed by atoms with Crippen LogP contribution in [0.4, 0.5) is 4.39 Å². The summed E-state index contributed by atoms with van der Waals surface area (Å²) in [5.74, 6) is -0.0265. The smallest absolute Gasteiger partial charge is 0.245 e. The van der Waals surface area contributed by atoms with Crippen molar-refractivity contribution in [3.63, 3.8) is 0 Å². The molecule has 1 aliphatic rings. The second-order valence-electron chi connectivity index (χ2n) is 8.28. The van der Waals surface area contributed by atoms with Gasteiger partial charge in [-0.2, -0.15) is 0 Å². The van der Waals surface area contributed by atoms with Crippen LogP contribution >= 0.6 is 0 Å². The Morgan fingerprint density at radius 3 is 2.38 bits per heavy atom. The van der Waals surface area contributed by atoms with E-state index in [0.29, 0.717) is 19.5 Å². The van der Waals surface area contributed by atoms with Crippen LogP contribution in [0, 0.1) is 17.2 Å². The summed E-state index contributed by atoms with van der Waals surface area (Å²) in [5.41, 5.74) is 0.991. The number of hydrogen-bond acceptors (Lipinski definition) is 2. The fourth-order valence-electron chi connectivity index (χ4n) is 3.84. The average molecular weight is 362 g/mol. The van der Waals surface area contributed by atoms with Crippen molar-refractivity contribution in [3.8, 4) is 0 Å². The minimum atomic E-state index is -0.486. The summed E-state index contributed by atoms with van der Waals surface area (Å²) in [5, 5.41) is 2.87. The molecule has 2 atom stereocenters. The lowest BCUT2D eigenvalue weighted by Crippen LogP contribution is -2.55. The first-order valence-electron chi connectivity index (χ1n) is 9.49. The maximum Gasteiger partial charge on any atom is 0.245 e. The minimum Gasteiger partial charge on any atom is -0.344 e. The minimum absolute atomic E-state index is 0.00701. The molecule has 1 aromatic carbocycles. The first-order valence-corrected chi connectivity index (χ1v) is 9.49. The number of rotatable bonds is 5. The highest BCUT2D eigenvalue weighted by molar-refractivity contribution is 5.87. The molecule has 0 aliphatic carbocycles. The average Bonchev–Trinajstić information content (AvgIpc) is 2.58. The molecule has 0 aromatic heterocycles. The Labute approximate surface area is 156 Å². The number of benzene rings is 1. The Hall–Kier alpha value is -1.91. The summed E-state index contributed by atoms with van der Waals surface area (Å²) in [7, 11) is 0. The van der Waals surface area contributed by atoms with Crippen LogP contribution in [0.25, 0.3) is 0 Å². The lowest BCUT2D eigenvalue weighted by Gasteiger charge is -2.45. The van der Waals surface area contributed by atoms with E-state index in [4.69, 9.17) is 0 Å². The molecule has 0 radical (unpaired) electrons. The maximum atomic E-state index is 13.2. The van der Waals surface area contributed by atoms with Gasteiger partial charge in [0.15, 0.2) is 0 Å². The normalized spacial score (nSPS) is 20.7. The Balaban J connectivity index is 2.13. The summed E-state index contributed by atoms with van der Waals surface area (Å²) < 4.78 is 13.2. The van der Waals surface area contributed by atoms with Gasteiger partial charge in [-0.15, -0.1) is 0 Å². The van der Waals surface area contributed by atoms with Gasteiger partial charge >= 0.3 is 0 Å². The molecule has 1 aromatic rings. The molecular weight excluding hydrogens is 331 g/mol. The van der Waals surface area contributed by atoms with Gasteiger partial charge in [-0.1, -0.05) is 46.8 Å². The topological polar surface area (TPSA) is 49.4 Å². The number of amides is 2. The van der Waals surface area contributed by atoms with Crippen LogP contribution < -0.4 is 5.32 Å². The van der Waals surface area contributed by atoms with Crippen LogP contribution in [0.3, 0.4) is 0 Å². The summed E-state index contributed by atoms with van der Waals surface area (Å²) >= 11 is 0. The lowest BCUT2D eigenvalue weighted by molar-refractivity contribution is -0.140. The number of halogens is 1. The molecule has 1 heterocycles. The predicted octanol–water partition coefficient (Wildman–Crippen LogP) is 3.72. The molecule has 1 saturated heterocycles. The number of carbonyl (C=O) groups is 2.